The van der Waals surface area contributed by atoms with Crippen LogP contribution < -0.4 is 23.7 Å². The van der Waals surface area contributed by atoms with Crippen LogP contribution in [0.25, 0.3) is 6.08 Å². The molecule has 0 amide bonds. The van der Waals surface area contributed by atoms with Crippen LogP contribution in [0, 0.1) is 0 Å². The van der Waals surface area contributed by atoms with Gasteiger partial charge in [-0.3, -0.25) is 9.59 Å². The van der Waals surface area contributed by atoms with E-state index in [1.807, 2.05) is 18.2 Å². The Morgan fingerprint density at radius 3 is 2.29 bits per heavy atom. The second-order valence-electron chi connectivity index (χ2n) is 8.04. The monoisotopic (exact) mass is 474 g/mol. The quantitative estimate of drug-likeness (QED) is 0.328. The number of aromatic hydroxyl groups is 1. The summed E-state index contributed by atoms with van der Waals surface area (Å²) in [4.78, 5) is 25.7. The Morgan fingerprint density at radius 1 is 0.914 bits per heavy atom. The van der Waals surface area contributed by atoms with Crippen molar-refractivity contribution < 1.29 is 38.4 Å². The van der Waals surface area contributed by atoms with Gasteiger partial charge in [0, 0.05) is 17.0 Å². The first-order chi connectivity index (χ1) is 16.9. The van der Waals surface area contributed by atoms with Gasteiger partial charge in [0.2, 0.25) is 11.5 Å². The molecule has 178 valence electrons. The van der Waals surface area contributed by atoms with E-state index in [0.717, 1.165) is 0 Å². The topological polar surface area (TPSA) is 101 Å². The number of phenols is 1. The van der Waals surface area contributed by atoms with Gasteiger partial charge < -0.3 is 28.8 Å². The number of para-hydroxylation sites is 1. The molecule has 0 aliphatic carbocycles. The Hall–Kier alpha value is -4.46. The summed E-state index contributed by atoms with van der Waals surface area (Å²) in [5.41, 5.74) is 2.26. The van der Waals surface area contributed by atoms with Crippen LogP contribution in [0.3, 0.4) is 0 Å². The zero-order valence-electron chi connectivity index (χ0n) is 19.3. The number of esters is 1. The molecular formula is C27H22O8. The van der Waals surface area contributed by atoms with E-state index >= 15 is 0 Å². The predicted octanol–water partition coefficient (Wildman–Crippen LogP) is 4.48. The number of ketones is 1. The number of rotatable bonds is 5. The van der Waals surface area contributed by atoms with Crippen molar-refractivity contribution in [2.45, 2.75) is 12.3 Å². The molecule has 0 aromatic heterocycles. The van der Waals surface area contributed by atoms with Crippen LogP contribution in [0.15, 0.2) is 54.3 Å². The molecule has 5 rings (SSSR count). The molecule has 2 aliphatic heterocycles. The number of allylic oxidation sites excluding steroid dienone is 1. The Balaban J connectivity index is 1.64. The summed E-state index contributed by atoms with van der Waals surface area (Å²) < 4.78 is 27.6. The lowest BCUT2D eigenvalue weighted by molar-refractivity contribution is -0.135. The van der Waals surface area contributed by atoms with E-state index in [9.17, 15) is 14.7 Å². The SMILES string of the molecule is COc1ccccc1/C=C1\Oc2c(ccc3c2[C@H](c2cc(OC)c(O)c(OC)c2)CC(=O)O3)C1=O. The number of fused-ring (bicyclic) bond motifs is 3. The lowest BCUT2D eigenvalue weighted by Crippen LogP contribution is -2.21. The molecule has 1 atom stereocenters. The minimum atomic E-state index is -0.525. The van der Waals surface area contributed by atoms with Crippen LogP contribution in [0.5, 0.6) is 34.5 Å². The fourth-order valence-electron chi connectivity index (χ4n) is 4.43. The summed E-state index contributed by atoms with van der Waals surface area (Å²) in [6.45, 7) is 0. The van der Waals surface area contributed by atoms with Crippen LogP contribution in [-0.2, 0) is 4.79 Å². The van der Waals surface area contributed by atoms with Gasteiger partial charge in [0.1, 0.15) is 17.2 Å². The first kappa shape index (κ1) is 22.3. The van der Waals surface area contributed by atoms with Gasteiger partial charge >= 0.3 is 5.97 Å². The predicted molar refractivity (Wildman–Crippen MR) is 126 cm³/mol. The highest BCUT2D eigenvalue weighted by Crippen LogP contribution is 2.51. The minimum Gasteiger partial charge on any atom is -0.502 e. The molecule has 3 aromatic rings. The molecule has 0 saturated carbocycles. The number of phenolic OH excluding ortho intramolecular Hbond substituents is 1. The molecule has 8 heteroatoms. The molecular weight excluding hydrogens is 452 g/mol. The van der Waals surface area contributed by atoms with Gasteiger partial charge in [-0.25, -0.2) is 0 Å². The van der Waals surface area contributed by atoms with Crippen molar-refractivity contribution in [1.82, 2.24) is 0 Å². The van der Waals surface area contributed by atoms with E-state index in [2.05, 4.69) is 0 Å². The zero-order chi connectivity index (χ0) is 24.7. The van der Waals surface area contributed by atoms with Crippen LogP contribution in [-0.4, -0.2) is 38.2 Å². The number of benzene rings is 3. The number of hydrogen-bond acceptors (Lipinski definition) is 8. The van der Waals surface area contributed by atoms with Crippen molar-refractivity contribution in [3.8, 4) is 34.5 Å². The van der Waals surface area contributed by atoms with E-state index in [0.29, 0.717) is 39.5 Å². The lowest BCUT2D eigenvalue weighted by Gasteiger charge is -2.27. The average Bonchev–Trinajstić information content (AvgIpc) is 3.18. The minimum absolute atomic E-state index is 0.00361. The number of methoxy groups -OCH3 is 3. The Kier molecular flexibility index (Phi) is 5.56. The van der Waals surface area contributed by atoms with E-state index in [4.69, 9.17) is 23.7 Å². The molecule has 1 N–H and O–H groups in total. The second-order valence-corrected chi connectivity index (χ2v) is 8.04. The van der Waals surface area contributed by atoms with Crippen LogP contribution in [0.1, 0.15) is 39.4 Å². The van der Waals surface area contributed by atoms with Gasteiger partial charge in [0.15, 0.2) is 17.3 Å². The van der Waals surface area contributed by atoms with Crippen molar-refractivity contribution in [1.29, 1.82) is 0 Å². The van der Waals surface area contributed by atoms with Gasteiger partial charge in [-0.05, 0) is 42.0 Å². The van der Waals surface area contributed by atoms with E-state index in [1.165, 1.54) is 14.2 Å². The molecule has 0 radical (unpaired) electrons. The van der Waals surface area contributed by atoms with Crippen molar-refractivity contribution in [2.24, 2.45) is 0 Å². The molecule has 3 aromatic carbocycles. The highest BCUT2D eigenvalue weighted by molar-refractivity contribution is 6.15. The molecule has 35 heavy (non-hydrogen) atoms. The summed E-state index contributed by atoms with van der Waals surface area (Å²) in [5, 5.41) is 10.3. The maximum atomic E-state index is 13.2. The Bertz CT molecular complexity index is 1360. The van der Waals surface area contributed by atoms with Crippen molar-refractivity contribution in [3.05, 3.63) is 76.5 Å². The third-order valence-corrected chi connectivity index (χ3v) is 6.11. The molecule has 0 saturated heterocycles. The first-order valence-electron chi connectivity index (χ1n) is 10.8. The fraction of sp³-hybridized carbons (Fsp3) is 0.185. The maximum Gasteiger partial charge on any atom is 0.312 e. The summed E-state index contributed by atoms with van der Waals surface area (Å²) >= 11 is 0. The maximum absolute atomic E-state index is 13.2. The summed E-state index contributed by atoms with van der Waals surface area (Å²) in [7, 11) is 4.41. The standard InChI is InChI=1S/C27H22O8/c1-31-18-7-5-4-6-14(18)10-22-25(29)16-8-9-19-24(27(16)35-22)17(13-23(28)34-19)15-11-20(32-2)26(30)21(12-15)33-3/h4-12,17,30H,13H2,1-3H3/b22-10-/t17-/m0/s1. The number of hydrogen-bond donors (Lipinski definition) is 1. The number of carbonyl (C=O) groups is 2. The second kappa shape index (κ2) is 8.72. The fourth-order valence-corrected chi connectivity index (χ4v) is 4.43. The molecule has 8 nitrogen and oxygen atoms in total. The van der Waals surface area contributed by atoms with Gasteiger partial charge in [0.05, 0.1) is 33.3 Å². The number of carbonyl (C=O) groups excluding carboxylic acids is 2. The third-order valence-electron chi connectivity index (χ3n) is 6.11. The highest BCUT2D eigenvalue weighted by atomic mass is 16.5. The van der Waals surface area contributed by atoms with Gasteiger partial charge in [-0.15, -0.1) is 0 Å². The highest BCUT2D eigenvalue weighted by Gasteiger charge is 2.39. The van der Waals surface area contributed by atoms with Crippen LogP contribution in [0.4, 0.5) is 0 Å². The summed E-state index contributed by atoms with van der Waals surface area (Å²) in [6, 6.07) is 13.7. The number of ether oxygens (including phenoxy) is 5. The Labute approximate surface area is 201 Å². The molecule has 2 aliphatic rings. The zero-order valence-corrected chi connectivity index (χ0v) is 19.3. The van der Waals surface area contributed by atoms with Crippen molar-refractivity contribution in [2.75, 3.05) is 21.3 Å². The van der Waals surface area contributed by atoms with Crippen LogP contribution >= 0.6 is 0 Å². The summed E-state index contributed by atoms with van der Waals surface area (Å²) in [6.07, 6.45) is 1.63. The third kappa shape index (κ3) is 3.73. The van der Waals surface area contributed by atoms with Crippen LogP contribution in [0.2, 0.25) is 0 Å². The molecule has 0 unspecified atom stereocenters. The van der Waals surface area contributed by atoms with Crippen molar-refractivity contribution in [3.63, 3.8) is 0 Å². The van der Waals surface area contributed by atoms with E-state index < -0.39 is 11.9 Å². The number of Topliss-reactive ketones (excluding diaryl/α,β-unsaturated/α-hetero) is 1. The largest absolute Gasteiger partial charge is 0.502 e. The van der Waals surface area contributed by atoms with Gasteiger partial charge in [-0.1, -0.05) is 18.2 Å². The van der Waals surface area contributed by atoms with Crippen molar-refractivity contribution >= 4 is 17.8 Å². The molecule has 0 fully saturated rings. The van der Waals surface area contributed by atoms with Gasteiger partial charge in [0.25, 0.3) is 0 Å². The van der Waals surface area contributed by atoms with E-state index in [1.54, 1.807) is 43.5 Å². The molecule has 0 spiro atoms. The first-order valence-corrected chi connectivity index (χ1v) is 10.8. The van der Waals surface area contributed by atoms with E-state index in [-0.39, 0.29) is 35.2 Å². The summed E-state index contributed by atoms with van der Waals surface area (Å²) in [5.74, 6) is 0.376. The Morgan fingerprint density at radius 2 is 1.60 bits per heavy atom. The normalized spacial score (nSPS) is 17.3. The smallest absolute Gasteiger partial charge is 0.312 e. The lowest BCUT2D eigenvalue weighted by atomic mass is 9.84. The van der Waals surface area contributed by atoms with Gasteiger partial charge in [-0.2, -0.15) is 0 Å². The molecule has 0 bridgehead atoms. The average molecular weight is 474 g/mol. The molecule has 2 heterocycles.